The van der Waals surface area contributed by atoms with Crippen LogP contribution >= 0.6 is 11.8 Å². The molecule has 122 valence electrons. The maximum absolute atomic E-state index is 12.2. The van der Waals surface area contributed by atoms with Crippen LogP contribution in [0.15, 0.2) is 24.3 Å². The molecule has 1 aliphatic carbocycles. The molecular weight excluding hydrogens is 292 g/mol. The largest absolute Gasteiger partial charge is 0.326 e. The van der Waals surface area contributed by atoms with Crippen molar-refractivity contribution in [3.05, 3.63) is 29.8 Å². The lowest BCUT2D eigenvalue weighted by Crippen LogP contribution is -2.37. The van der Waals surface area contributed by atoms with Crippen LogP contribution in [0.4, 0.5) is 5.69 Å². The lowest BCUT2D eigenvalue weighted by atomic mass is 10.1. The van der Waals surface area contributed by atoms with Gasteiger partial charge in [0.05, 0.1) is 0 Å². The molecule has 0 unspecified atom stereocenters. The predicted molar refractivity (Wildman–Crippen MR) is 96.6 cm³/mol. The van der Waals surface area contributed by atoms with Crippen molar-refractivity contribution in [1.82, 2.24) is 5.32 Å². The maximum atomic E-state index is 12.2. The Balaban J connectivity index is 1.79. The third kappa shape index (κ3) is 5.03. The summed E-state index contributed by atoms with van der Waals surface area (Å²) in [4.78, 5) is 12.2. The lowest BCUT2D eigenvalue weighted by molar-refractivity contribution is -0.116. The topological polar surface area (TPSA) is 41.1 Å². The van der Waals surface area contributed by atoms with Gasteiger partial charge in [-0.15, -0.1) is 0 Å². The number of thioether (sulfide) groups is 1. The van der Waals surface area contributed by atoms with Gasteiger partial charge >= 0.3 is 0 Å². The van der Waals surface area contributed by atoms with Gasteiger partial charge in [-0.05, 0) is 50.5 Å². The Kier molecular flexibility index (Phi) is 6.77. The van der Waals surface area contributed by atoms with Gasteiger partial charge in [0.15, 0.2) is 0 Å². The zero-order chi connectivity index (χ0) is 15.9. The zero-order valence-electron chi connectivity index (χ0n) is 13.9. The van der Waals surface area contributed by atoms with Crippen LogP contribution in [0.1, 0.15) is 45.1 Å². The number of nitrogens with one attached hydrogen (secondary N) is 2. The third-order valence-corrected chi connectivity index (χ3v) is 5.50. The van der Waals surface area contributed by atoms with Gasteiger partial charge in [-0.2, -0.15) is 11.8 Å². The molecule has 0 radical (unpaired) electrons. The van der Waals surface area contributed by atoms with Gasteiger partial charge in [0.25, 0.3) is 0 Å². The highest BCUT2D eigenvalue weighted by atomic mass is 32.2. The molecule has 22 heavy (non-hydrogen) atoms. The molecule has 0 saturated heterocycles. The molecule has 3 atom stereocenters. The number of anilines is 1. The molecule has 0 heterocycles. The van der Waals surface area contributed by atoms with Gasteiger partial charge in [0, 0.05) is 29.4 Å². The fourth-order valence-electron chi connectivity index (χ4n) is 3.20. The molecule has 1 aliphatic rings. The molecule has 2 N–H and O–H groups in total. The first-order valence-electron chi connectivity index (χ1n) is 8.29. The van der Waals surface area contributed by atoms with Crippen molar-refractivity contribution >= 4 is 23.4 Å². The summed E-state index contributed by atoms with van der Waals surface area (Å²) in [5, 5.41) is 7.46. The lowest BCUT2D eigenvalue weighted by Gasteiger charge is -2.19. The summed E-state index contributed by atoms with van der Waals surface area (Å²) in [6.07, 6.45) is 7.40. The van der Waals surface area contributed by atoms with E-state index in [1.165, 1.54) is 24.8 Å². The molecule has 0 bridgehead atoms. The minimum atomic E-state index is 0.0975. The fourth-order valence-corrected chi connectivity index (χ4v) is 3.99. The Bertz CT molecular complexity index is 492. The summed E-state index contributed by atoms with van der Waals surface area (Å²) >= 11 is 1.96. The maximum Gasteiger partial charge on any atom is 0.225 e. The summed E-state index contributed by atoms with van der Waals surface area (Å²) in [6, 6.07) is 8.83. The average molecular weight is 321 g/mol. The van der Waals surface area contributed by atoms with Crippen molar-refractivity contribution < 1.29 is 4.79 Å². The van der Waals surface area contributed by atoms with Gasteiger partial charge in [-0.25, -0.2) is 0 Å². The quantitative estimate of drug-likeness (QED) is 0.802. The molecule has 0 aliphatic heterocycles. The highest BCUT2D eigenvalue weighted by molar-refractivity contribution is 7.99. The van der Waals surface area contributed by atoms with E-state index in [0.717, 1.165) is 17.4 Å². The fraction of sp³-hybridized carbons (Fsp3) is 0.611. The van der Waals surface area contributed by atoms with E-state index in [1.54, 1.807) is 0 Å². The minimum absolute atomic E-state index is 0.0975. The summed E-state index contributed by atoms with van der Waals surface area (Å²) < 4.78 is 0. The third-order valence-electron chi connectivity index (χ3n) is 4.40. The smallest absolute Gasteiger partial charge is 0.225 e. The van der Waals surface area contributed by atoms with Crippen molar-refractivity contribution in [1.29, 1.82) is 0 Å². The predicted octanol–water partition coefficient (Wildman–Crippen LogP) is 3.84. The van der Waals surface area contributed by atoms with Crippen molar-refractivity contribution in [2.75, 3.05) is 11.6 Å². The molecule has 0 spiro atoms. The van der Waals surface area contributed by atoms with Crippen LogP contribution in [0.5, 0.6) is 0 Å². The second-order valence-corrected chi connectivity index (χ2v) is 7.34. The van der Waals surface area contributed by atoms with E-state index in [2.05, 4.69) is 36.8 Å². The van der Waals surface area contributed by atoms with Gasteiger partial charge in [0.1, 0.15) is 0 Å². The number of amides is 1. The molecule has 1 fully saturated rings. The molecule has 1 aromatic rings. The number of carbonyl (C=O) groups excluding carboxylic acids is 1. The van der Waals surface area contributed by atoms with E-state index in [-0.39, 0.29) is 11.9 Å². The van der Waals surface area contributed by atoms with Crippen molar-refractivity contribution in [3.8, 4) is 0 Å². The van der Waals surface area contributed by atoms with E-state index in [9.17, 15) is 4.79 Å². The molecule has 2 rings (SSSR count). The van der Waals surface area contributed by atoms with Crippen LogP contribution in [-0.4, -0.2) is 29.5 Å². The second kappa shape index (κ2) is 8.59. The van der Waals surface area contributed by atoms with E-state index in [4.69, 9.17) is 0 Å². The monoisotopic (exact) mass is 320 g/mol. The van der Waals surface area contributed by atoms with E-state index in [1.807, 2.05) is 30.0 Å². The van der Waals surface area contributed by atoms with Gasteiger partial charge in [-0.3, -0.25) is 4.79 Å². The first-order chi connectivity index (χ1) is 10.6. The minimum Gasteiger partial charge on any atom is -0.326 e. The van der Waals surface area contributed by atoms with Crippen LogP contribution in [0, 0.1) is 0 Å². The van der Waals surface area contributed by atoms with Crippen LogP contribution in [0.25, 0.3) is 0 Å². The number of rotatable bonds is 7. The van der Waals surface area contributed by atoms with Crippen LogP contribution in [0.2, 0.25) is 0 Å². The van der Waals surface area contributed by atoms with Crippen molar-refractivity contribution in [2.24, 2.45) is 0 Å². The van der Waals surface area contributed by atoms with Gasteiger partial charge in [0.2, 0.25) is 5.91 Å². The summed E-state index contributed by atoms with van der Waals surface area (Å²) in [7, 11) is 0. The Morgan fingerprint density at radius 2 is 2.14 bits per heavy atom. The van der Waals surface area contributed by atoms with Gasteiger partial charge < -0.3 is 10.6 Å². The number of carbonyl (C=O) groups is 1. The molecule has 1 aromatic carbocycles. The number of aryl methyl sites for hydroxylation is 1. The average Bonchev–Trinajstić information content (AvgIpc) is 2.95. The molecule has 1 amide bonds. The Hall–Kier alpha value is -1.000. The molecule has 3 nitrogen and oxygen atoms in total. The Morgan fingerprint density at radius 1 is 1.36 bits per heavy atom. The molecular formula is C18H28N2OS. The number of hydrogen-bond acceptors (Lipinski definition) is 3. The van der Waals surface area contributed by atoms with E-state index >= 15 is 0 Å². The normalized spacial score (nSPS) is 22.5. The van der Waals surface area contributed by atoms with Crippen molar-refractivity contribution in [3.63, 3.8) is 0 Å². The van der Waals surface area contributed by atoms with E-state index < -0.39 is 0 Å². The summed E-state index contributed by atoms with van der Waals surface area (Å²) in [5.74, 6) is 0.0975. The number of hydrogen-bond donors (Lipinski definition) is 2. The Morgan fingerprint density at radius 3 is 2.82 bits per heavy atom. The second-order valence-electron chi connectivity index (χ2n) is 6.20. The van der Waals surface area contributed by atoms with Crippen LogP contribution in [-0.2, 0) is 11.2 Å². The zero-order valence-corrected chi connectivity index (χ0v) is 14.7. The van der Waals surface area contributed by atoms with Gasteiger partial charge in [-0.1, -0.05) is 25.1 Å². The SMILES string of the molecule is CCc1ccccc1NC(=O)C[C@H](C)N[C@@H]1CC[C@H](SC)C1. The highest BCUT2D eigenvalue weighted by Gasteiger charge is 2.25. The molecule has 0 aromatic heterocycles. The van der Waals surface area contributed by atoms with Crippen molar-refractivity contribution in [2.45, 2.75) is 63.3 Å². The summed E-state index contributed by atoms with van der Waals surface area (Å²) in [6.45, 7) is 4.22. The first-order valence-corrected chi connectivity index (χ1v) is 9.57. The first kappa shape index (κ1) is 17.4. The Labute approximate surface area is 138 Å². The van der Waals surface area contributed by atoms with Crippen LogP contribution < -0.4 is 10.6 Å². The summed E-state index contributed by atoms with van der Waals surface area (Å²) in [5.41, 5.74) is 2.14. The highest BCUT2D eigenvalue weighted by Crippen LogP contribution is 2.28. The molecule has 4 heteroatoms. The van der Waals surface area contributed by atoms with Crippen LogP contribution in [0.3, 0.4) is 0 Å². The standard InChI is InChI=1S/C18H28N2OS/c1-4-14-7-5-6-8-17(14)20-18(21)11-13(2)19-15-9-10-16(12-15)22-3/h5-8,13,15-16,19H,4,9-12H2,1-3H3,(H,20,21)/t13-,15+,16-/m0/s1. The molecule has 1 saturated carbocycles. The van der Waals surface area contributed by atoms with E-state index in [0.29, 0.717) is 12.5 Å². The number of benzene rings is 1. The number of para-hydroxylation sites is 1.